The molecule has 4 heterocycles. The van der Waals surface area contributed by atoms with Crippen LogP contribution in [0, 0.1) is 0 Å². The molecule has 0 aromatic heterocycles. The third-order valence-electron chi connectivity index (χ3n) is 17.7. The number of fused-ring (bicyclic) bond motifs is 6. The van der Waals surface area contributed by atoms with Crippen molar-refractivity contribution < 1.29 is 33.4 Å². The summed E-state index contributed by atoms with van der Waals surface area (Å²) in [5, 5.41) is 8.39. The molecule has 0 saturated heterocycles. The second-order valence-electron chi connectivity index (χ2n) is 24.1. The van der Waals surface area contributed by atoms with E-state index < -0.39 is 0 Å². The Morgan fingerprint density at radius 1 is 0.720 bits per heavy atom. The number of rotatable bonds is 22. The third-order valence-corrected chi connectivity index (χ3v) is 17.7. The molecule has 4 aliphatic heterocycles. The maximum Gasteiger partial charge on any atom is 0.254 e. The Labute approximate surface area is 485 Å². The number of carbonyl (C=O) groups excluding carboxylic acids is 4. The van der Waals surface area contributed by atoms with Crippen LogP contribution in [0.2, 0.25) is 0 Å². The smallest absolute Gasteiger partial charge is 0.254 e. The van der Waals surface area contributed by atoms with E-state index in [-0.39, 0.29) is 47.4 Å². The molecule has 0 radical (unpaired) electrons. The number of hydrogen-bond donors (Lipinski definition) is 2. The maximum absolute atomic E-state index is 14.8. The highest BCUT2D eigenvalue weighted by Crippen LogP contribution is 2.49. The minimum Gasteiger partial charge on any atom is -0.377 e. The molecule has 5 aliphatic rings. The number of hydrogen-bond acceptors (Lipinski definition) is 8. The standard InChI is InChI=1S/C69H84N6O7/c1-8-75-60-44-58-56(43-55(60)47(2)45-68(75,3)4)64(57-42-50-21-15-34-73-35-16-24-54(66(50)73)65(57)69(58,5)6)52-22-12-13-23-53(52)67(79)72(7)33-17-26-61(76)70-31-36-80-38-40-82-41-39-81-37-32-71-62(77)29-30-63(78)74-46-51-20-10-9-18-48(51)27-28-49-19-11-14-25-59(49)74/h9-14,18-20,22-23,25,27-28,42-44,47H,8,15-17,21,24,26,29-41,45-46H2,1-7H3,(H-,70,71,76,77)/p+1/b28-27-. The lowest BCUT2D eigenvalue weighted by molar-refractivity contribution is -0.125. The third kappa shape index (κ3) is 12.4. The first kappa shape index (κ1) is 58.3. The molecule has 10 rings (SSSR count). The van der Waals surface area contributed by atoms with E-state index in [4.69, 9.17) is 14.2 Å². The van der Waals surface area contributed by atoms with Gasteiger partial charge in [-0.15, -0.1) is 0 Å². The van der Waals surface area contributed by atoms with Gasteiger partial charge in [-0.3, -0.25) is 19.2 Å². The van der Waals surface area contributed by atoms with Gasteiger partial charge in [0, 0.05) is 93.8 Å². The zero-order chi connectivity index (χ0) is 57.5. The highest BCUT2D eigenvalue weighted by molar-refractivity contribution is 6.02. The Hall–Kier alpha value is -6.93. The van der Waals surface area contributed by atoms with Crippen molar-refractivity contribution >= 4 is 52.7 Å². The lowest BCUT2D eigenvalue weighted by atomic mass is 9.64. The maximum atomic E-state index is 14.8. The van der Waals surface area contributed by atoms with Gasteiger partial charge in [-0.1, -0.05) is 93.6 Å². The summed E-state index contributed by atoms with van der Waals surface area (Å²) in [5.41, 5.74) is 16.3. The molecule has 0 bridgehead atoms. The summed E-state index contributed by atoms with van der Waals surface area (Å²) in [6.07, 6.45) is 10.6. The van der Waals surface area contributed by atoms with Crippen LogP contribution in [-0.4, -0.2) is 120 Å². The van der Waals surface area contributed by atoms with E-state index in [1.54, 1.807) is 9.80 Å². The van der Waals surface area contributed by atoms with Crippen molar-refractivity contribution in [1.29, 1.82) is 0 Å². The van der Waals surface area contributed by atoms with Crippen LogP contribution >= 0.6 is 0 Å². The van der Waals surface area contributed by atoms with Gasteiger partial charge in [-0.25, -0.2) is 4.58 Å². The van der Waals surface area contributed by atoms with Crippen molar-refractivity contribution in [2.24, 2.45) is 0 Å². The topological polar surface area (TPSA) is 133 Å². The summed E-state index contributed by atoms with van der Waals surface area (Å²) in [5.74, 6) is -0.0493. The van der Waals surface area contributed by atoms with Gasteiger partial charge in [-0.2, -0.15) is 0 Å². The van der Waals surface area contributed by atoms with Crippen LogP contribution in [0.4, 0.5) is 11.4 Å². The molecule has 432 valence electrons. The summed E-state index contributed by atoms with van der Waals surface area (Å²) in [6.45, 7) is 21.2. The normalized spacial score (nSPS) is 17.4. The van der Waals surface area contributed by atoms with E-state index in [1.807, 2.05) is 73.8 Å². The minimum absolute atomic E-state index is 0.0361. The molecular formula is C69H85N6O7+. The molecule has 13 heteroatoms. The predicted molar refractivity (Wildman–Crippen MR) is 327 cm³/mol. The van der Waals surface area contributed by atoms with E-state index in [9.17, 15) is 19.2 Å². The van der Waals surface area contributed by atoms with Crippen LogP contribution in [0.25, 0.3) is 17.7 Å². The Morgan fingerprint density at radius 2 is 1.37 bits per heavy atom. The molecule has 0 saturated carbocycles. The molecule has 4 amide bonds. The number of carbonyl (C=O) groups is 4. The molecule has 5 aromatic rings. The van der Waals surface area contributed by atoms with Crippen molar-refractivity contribution in [2.45, 2.75) is 123 Å². The van der Waals surface area contributed by atoms with Crippen molar-refractivity contribution in [2.75, 3.05) is 95.8 Å². The summed E-state index contributed by atoms with van der Waals surface area (Å²) in [6, 6.07) is 31.6. The number of ether oxygens (including phenoxy) is 3. The first-order valence-corrected chi connectivity index (χ1v) is 30.2. The van der Waals surface area contributed by atoms with Gasteiger partial charge in [-0.05, 0) is 144 Å². The highest BCUT2D eigenvalue weighted by Gasteiger charge is 2.43. The van der Waals surface area contributed by atoms with E-state index >= 15 is 0 Å². The molecule has 1 unspecified atom stereocenters. The lowest BCUT2D eigenvalue weighted by Gasteiger charge is -2.44. The minimum atomic E-state index is -0.264. The van der Waals surface area contributed by atoms with E-state index in [1.165, 1.54) is 55.2 Å². The zero-order valence-corrected chi connectivity index (χ0v) is 49.6. The fraction of sp³-hybridized carbons (Fsp3) is 0.464. The molecular weight excluding hydrogens is 1020 g/mol. The average Bonchev–Trinajstić information content (AvgIpc) is 0.853. The largest absolute Gasteiger partial charge is 0.377 e. The molecule has 82 heavy (non-hydrogen) atoms. The molecule has 1 atom stereocenters. The summed E-state index contributed by atoms with van der Waals surface area (Å²) in [7, 11) is 1.85. The number of nitrogens with zero attached hydrogens (tertiary/aromatic N) is 4. The van der Waals surface area contributed by atoms with E-state index in [2.05, 4.69) is 98.1 Å². The van der Waals surface area contributed by atoms with Gasteiger partial charge in [0.2, 0.25) is 23.1 Å². The van der Waals surface area contributed by atoms with Gasteiger partial charge >= 0.3 is 0 Å². The number of benzene rings is 5. The number of aryl methyl sites for hydroxylation is 1. The Bertz CT molecular complexity index is 3380. The van der Waals surface area contributed by atoms with Gasteiger partial charge in [0.1, 0.15) is 6.54 Å². The summed E-state index contributed by atoms with van der Waals surface area (Å²) >= 11 is 0. The number of nitrogens with one attached hydrogen (secondary N) is 2. The molecule has 0 fully saturated rings. The molecule has 13 nitrogen and oxygen atoms in total. The number of anilines is 2. The van der Waals surface area contributed by atoms with Crippen molar-refractivity contribution in [3.8, 4) is 0 Å². The van der Waals surface area contributed by atoms with Crippen LogP contribution in [0.15, 0.2) is 91.0 Å². The molecule has 0 spiro atoms. The zero-order valence-electron chi connectivity index (χ0n) is 49.6. The van der Waals surface area contributed by atoms with Crippen LogP contribution in [0.5, 0.6) is 0 Å². The van der Waals surface area contributed by atoms with Crippen LogP contribution in [0.3, 0.4) is 0 Å². The van der Waals surface area contributed by atoms with Crippen molar-refractivity contribution in [3.05, 3.63) is 163 Å². The number of amides is 4. The Kier molecular flexibility index (Phi) is 18.3. The molecule has 1 aliphatic carbocycles. The predicted octanol–water partition coefficient (Wildman–Crippen LogP) is 8.70. The van der Waals surface area contributed by atoms with Gasteiger partial charge in [0.15, 0.2) is 5.54 Å². The second kappa shape index (κ2) is 25.7. The van der Waals surface area contributed by atoms with Crippen LogP contribution in [0.1, 0.15) is 158 Å². The quantitative estimate of drug-likeness (QED) is 0.0520. The average molecular weight is 1110 g/mol. The number of para-hydroxylation sites is 1. The summed E-state index contributed by atoms with van der Waals surface area (Å²) < 4.78 is 19.6. The van der Waals surface area contributed by atoms with Crippen molar-refractivity contribution in [3.63, 3.8) is 0 Å². The fourth-order valence-corrected chi connectivity index (χ4v) is 13.8. The molecule has 2 N–H and O–H groups in total. The SMILES string of the molecule is CC[N+]1=c2cc3c(cc2C(C)CC1(C)C)=C(c1ccccc1C(=O)N(C)CCCC(=O)NCCOCCOCCOCCNC(=O)CCC(=O)N1Cc2ccccc2/C=C\c2ccccc21)c1cc2c4c(c1C3(C)C)CCCN4CCC2. The Balaban J connectivity index is 0.663. The van der Waals surface area contributed by atoms with Crippen molar-refractivity contribution in [1.82, 2.24) is 20.1 Å². The fourth-order valence-electron chi connectivity index (χ4n) is 13.8. The van der Waals surface area contributed by atoms with Crippen LogP contribution in [-0.2, 0) is 53.4 Å². The molecule has 5 aromatic carbocycles. The van der Waals surface area contributed by atoms with E-state index in [0.29, 0.717) is 90.1 Å². The van der Waals surface area contributed by atoms with E-state index in [0.717, 1.165) is 79.7 Å². The second-order valence-corrected chi connectivity index (χ2v) is 24.1. The Morgan fingerprint density at radius 3 is 2.11 bits per heavy atom. The van der Waals surface area contributed by atoms with Gasteiger partial charge in [0.25, 0.3) is 5.91 Å². The highest BCUT2D eigenvalue weighted by atomic mass is 16.5. The van der Waals surface area contributed by atoms with Crippen LogP contribution < -0.4 is 35.6 Å². The summed E-state index contributed by atoms with van der Waals surface area (Å²) in [4.78, 5) is 60.1. The lowest BCUT2D eigenvalue weighted by Crippen LogP contribution is -2.53. The first-order valence-electron chi connectivity index (χ1n) is 30.2. The van der Waals surface area contributed by atoms with Gasteiger partial charge in [0.05, 0.1) is 51.9 Å². The first-order chi connectivity index (χ1) is 39.7. The monoisotopic (exact) mass is 1110 g/mol. The van der Waals surface area contributed by atoms with Gasteiger partial charge < -0.3 is 39.5 Å².